The Morgan fingerprint density at radius 1 is 1.38 bits per heavy atom. The molecule has 5 nitrogen and oxygen atoms in total. The van der Waals surface area contributed by atoms with Crippen LogP contribution in [0, 0.1) is 5.92 Å². The Balaban J connectivity index is 4.50. The molecule has 5 heteroatoms. The Labute approximate surface area is 99.0 Å². The fraction of sp³-hybridized carbons (Fsp3) is 0.909. The molecule has 0 unspecified atom stereocenters. The van der Waals surface area contributed by atoms with E-state index in [1.807, 2.05) is 0 Å². The van der Waals surface area contributed by atoms with E-state index in [-0.39, 0.29) is 0 Å². The Morgan fingerprint density at radius 3 is 2.38 bits per heavy atom. The Hall–Kier alpha value is -0.810. The Bertz CT molecular complexity index is 204. The Kier molecular flexibility index (Phi) is 7.93. The lowest BCUT2D eigenvalue weighted by atomic mass is 10.2. The minimum Gasteiger partial charge on any atom is -0.383 e. The third kappa shape index (κ3) is 5.92. The molecular weight excluding hydrogens is 204 g/mol. The number of rotatable bonds is 6. The standard InChI is InChI=1S/C11H26N4O/c1-9(2)8-15(10(3)4)11(14-12)13-6-7-16-5/h9-10H,6-8,12H2,1-5H3,(H,13,14). The summed E-state index contributed by atoms with van der Waals surface area (Å²) in [5.41, 5.74) is 2.67. The third-order valence-electron chi connectivity index (χ3n) is 2.14. The quantitative estimate of drug-likeness (QED) is 0.233. The van der Waals surface area contributed by atoms with E-state index in [0.29, 0.717) is 25.1 Å². The number of hydrazine groups is 1. The number of nitrogens with zero attached hydrogens (tertiary/aromatic N) is 2. The predicted octanol–water partition coefficient (Wildman–Crippen LogP) is 0.819. The zero-order chi connectivity index (χ0) is 12.6. The number of guanidine groups is 1. The normalized spacial score (nSPS) is 12.4. The van der Waals surface area contributed by atoms with Gasteiger partial charge in [-0.05, 0) is 19.8 Å². The van der Waals surface area contributed by atoms with Crippen LogP contribution in [0.1, 0.15) is 27.7 Å². The molecule has 0 heterocycles. The van der Waals surface area contributed by atoms with Crippen molar-refractivity contribution in [2.45, 2.75) is 33.7 Å². The molecule has 0 rings (SSSR count). The molecule has 0 radical (unpaired) electrons. The molecule has 0 atom stereocenters. The maximum atomic E-state index is 5.51. The van der Waals surface area contributed by atoms with Gasteiger partial charge in [-0.3, -0.25) is 5.43 Å². The molecule has 0 saturated heterocycles. The zero-order valence-corrected chi connectivity index (χ0v) is 11.2. The van der Waals surface area contributed by atoms with Crippen LogP contribution in [0.4, 0.5) is 0 Å². The van der Waals surface area contributed by atoms with Crippen LogP contribution in [0.2, 0.25) is 0 Å². The van der Waals surface area contributed by atoms with Crippen LogP contribution in [-0.4, -0.2) is 43.7 Å². The van der Waals surface area contributed by atoms with Crippen LogP contribution in [0.3, 0.4) is 0 Å². The van der Waals surface area contributed by atoms with Crippen molar-refractivity contribution in [2.24, 2.45) is 16.8 Å². The number of nitrogens with one attached hydrogen (secondary N) is 1. The number of nitrogens with two attached hydrogens (primary N) is 1. The molecule has 0 saturated carbocycles. The summed E-state index contributed by atoms with van der Waals surface area (Å²) < 4.78 is 4.96. The first-order valence-electron chi connectivity index (χ1n) is 5.79. The van der Waals surface area contributed by atoms with E-state index in [1.54, 1.807) is 7.11 Å². The maximum Gasteiger partial charge on any atom is 0.208 e. The van der Waals surface area contributed by atoms with Crippen molar-refractivity contribution in [1.82, 2.24) is 10.3 Å². The minimum absolute atomic E-state index is 0.375. The third-order valence-corrected chi connectivity index (χ3v) is 2.14. The molecule has 3 N–H and O–H groups in total. The van der Waals surface area contributed by atoms with Gasteiger partial charge in [0.25, 0.3) is 0 Å². The van der Waals surface area contributed by atoms with Crippen molar-refractivity contribution in [3.8, 4) is 0 Å². The molecule has 0 aliphatic heterocycles. The fourth-order valence-electron chi connectivity index (χ4n) is 1.40. The first-order valence-corrected chi connectivity index (χ1v) is 5.79. The molecule has 0 spiro atoms. The first kappa shape index (κ1) is 15.2. The van der Waals surface area contributed by atoms with E-state index in [1.165, 1.54) is 0 Å². The van der Waals surface area contributed by atoms with Crippen molar-refractivity contribution in [3.05, 3.63) is 0 Å². The molecule has 0 bridgehead atoms. The van der Waals surface area contributed by atoms with Crippen LogP contribution < -0.4 is 11.3 Å². The monoisotopic (exact) mass is 230 g/mol. The van der Waals surface area contributed by atoms with Crippen molar-refractivity contribution in [3.63, 3.8) is 0 Å². The van der Waals surface area contributed by atoms with Crippen LogP contribution in [0.15, 0.2) is 4.99 Å². The van der Waals surface area contributed by atoms with E-state index >= 15 is 0 Å². The second kappa shape index (κ2) is 8.35. The van der Waals surface area contributed by atoms with E-state index in [0.717, 1.165) is 12.5 Å². The molecule has 0 aliphatic rings. The summed E-state index contributed by atoms with van der Waals surface area (Å²) in [4.78, 5) is 6.56. The predicted molar refractivity (Wildman–Crippen MR) is 68.2 cm³/mol. The number of aliphatic imine (C=N–C) groups is 1. The number of ether oxygens (including phenoxy) is 1. The van der Waals surface area contributed by atoms with Gasteiger partial charge in [0.1, 0.15) is 0 Å². The highest BCUT2D eigenvalue weighted by Gasteiger charge is 2.14. The van der Waals surface area contributed by atoms with Gasteiger partial charge in [-0.2, -0.15) is 0 Å². The highest BCUT2D eigenvalue weighted by atomic mass is 16.5. The summed E-state index contributed by atoms with van der Waals surface area (Å²) in [5.74, 6) is 6.82. The van der Waals surface area contributed by atoms with Crippen LogP contribution in [0.25, 0.3) is 0 Å². The number of methoxy groups -OCH3 is 1. The van der Waals surface area contributed by atoms with E-state index in [4.69, 9.17) is 10.6 Å². The van der Waals surface area contributed by atoms with Crippen LogP contribution >= 0.6 is 0 Å². The van der Waals surface area contributed by atoms with Gasteiger partial charge in [-0.15, -0.1) is 0 Å². The number of hydrogen-bond donors (Lipinski definition) is 2. The Morgan fingerprint density at radius 2 is 2.00 bits per heavy atom. The molecule has 96 valence electrons. The van der Waals surface area contributed by atoms with E-state index < -0.39 is 0 Å². The highest BCUT2D eigenvalue weighted by molar-refractivity contribution is 5.79. The summed E-state index contributed by atoms with van der Waals surface area (Å²) in [6.07, 6.45) is 0. The largest absolute Gasteiger partial charge is 0.383 e. The molecule has 0 aromatic carbocycles. The molecule has 0 aromatic heterocycles. The van der Waals surface area contributed by atoms with Gasteiger partial charge in [0, 0.05) is 19.7 Å². The smallest absolute Gasteiger partial charge is 0.208 e. The summed E-state index contributed by atoms with van der Waals surface area (Å²) in [5, 5.41) is 0. The summed E-state index contributed by atoms with van der Waals surface area (Å²) in [7, 11) is 1.67. The SMILES string of the molecule is COCCN=C(NN)N(CC(C)C)C(C)C. The molecule has 0 aromatic rings. The molecule has 0 fully saturated rings. The number of hydrogen-bond acceptors (Lipinski definition) is 3. The zero-order valence-electron chi connectivity index (χ0n) is 11.2. The lowest BCUT2D eigenvalue weighted by molar-refractivity contribution is 0.207. The average molecular weight is 230 g/mol. The van der Waals surface area contributed by atoms with Crippen molar-refractivity contribution >= 4 is 5.96 Å². The van der Waals surface area contributed by atoms with Gasteiger partial charge < -0.3 is 9.64 Å². The van der Waals surface area contributed by atoms with Crippen molar-refractivity contribution < 1.29 is 4.74 Å². The summed E-state index contributed by atoms with van der Waals surface area (Å²) in [6, 6.07) is 0.375. The highest BCUT2D eigenvalue weighted by Crippen LogP contribution is 2.04. The van der Waals surface area contributed by atoms with E-state index in [9.17, 15) is 0 Å². The molecule has 0 amide bonds. The fourth-order valence-corrected chi connectivity index (χ4v) is 1.40. The van der Waals surface area contributed by atoms with Crippen LogP contribution in [0.5, 0.6) is 0 Å². The second-order valence-corrected chi connectivity index (χ2v) is 4.48. The first-order chi connectivity index (χ1) is 7.52. The second-order valence-electron chi connectivity index (χ2n) is 4.48. The van der Waals surface area contributed by atoms with E-state index in [2.05, 4.69) is 43.0 Å². The lowest BCUT2D eigenvalue weighted by Crippen LogP contribution is -2.49. The van der Waals surface area contributed by atoms with Gasteiger partial charge in [0.05, 0.1) is 13.2 Å². The maximum absolute atomic E-state index is 5.51. The molecule has 16 heavy (non-hydrogen) atoms. The topological polar surface area (TPSA) is 62.9 Å². The van der Waals surface area contributed by atoms with Gasteiger partial charge in [0.15, 0.2) is 0 Å². The van der Waals surface area contributed by atoms with Gasteiger partial charge in [-0.1, -0.05) is 13.8 Å². The van der Waals surface area contributed by atoms with Gasteiger partial charge in [-0.25, -0.2) is 10.8 Å². The van der Waals surface area contributed by atoms with Gasteiger partial charge in [0.2, 0.25) is 5.96 Å². The average Bonchev–Trinajstić information content (AvgIpc) is 2.21. The molecular formula is C11H26N4O. The van der Waals surface area contributed by atoms with Crippen molar-refractivity contribution in [1.29, 1.82) is 0 Å². The van der Waals surface area contributed by atoms with Gasteiger partial charge >= 0.3 is 0 Å². The minimum atomic E-state index is 0.375. The lowest BCUT2D eigenvalue weighted by Gasteiger charge is -2.31. The van der Waals surface area contributed by atoms with Crippen molar-refractivity contribution in [2.75, 3.05) is 26.8 Å². The molecule has 0 aliphatic carbocycles. The summed E-state index contributed by atoms with van der Waals surface area (Å²) in [6.45, 7) is 10.8. The van der Waals surface area contributed by atoms with Crippen LogP contribution in [-0.2, 0) is 4.74 Å². The summed E-state index contributed by atoms with van der Waals surface area (Å²) >= 11 is 0.